The van der Waals surface area contributed by atoms with E-state index in [0.29, 0.717) is 6.54 Å². The van der Waals surface area contributed by atoms with Gasteiger partial charge in [0.2, 0.25) is 0 Å². The maximum atomic E-state index is 11.4. The van der Waals surface area contributed by atoms with Gasteiger partial charge < -0.3 is 15.2 Å². The second kappa shape index (κ2) is 8.02. The van der Waals surface area contributed by atoms with E-state index in [1.807, 2.05) is 57.2 Å². The number of ether oxygens (including phenoxy) is 1. The van der Waals surface area contributed by atoms with Crippen LogP contribution in [0.4, 0.5) is 4.79 Å². The van der Waals surface area contributed by atoms with Crippen LogP contribution in [0, 0.1) is 0 Å². The third-order valence-corrected chi connectivity index (χ3v) is 2.43. The highest BCUT2D eigenvalue weighted by atomic mass is 16.6. The van der Waals surface area contributed by atoms with Crippen LogP contribution < -0.4 is 5.32 Å². The molecule has 1 amide bonds. The smallest absolute Gasteiger partial charge is 0.407 e. The zero-order valence-corrected chi connectivity index (χ0v) is 13.0. The van der Waals surface area contributed by atoms with Crippen molar-refractivity contribution in [2.24, 2.45) is 0 Å². The van der Waals surface area contributed by atoms with E-state index >= 15 is 0 Å². The van der Waals surface area contributed by atoms with Crippen LogP contribution in [0.15, 0.2) is 36.4 Å². The van der Waals surface area contributed by atoms with Gasteiger partial charge >= 0.3 is 12.1 Å². The molecule has 0 spiro atoms. The number of nitrogens with one attached hydrogen (secondary N) is 1. The number of rotatable bonds is 5. The first-order chi connectivity index (χ1) is 10.3. The number of alkyl carbamates (subject to hydrolysis) is 1. The molecule has 118 valence electrons. The molecule has 22 heavy (non-hydrogen) atoms. The van der Waals surface area contributed by atoms with E-state index in [2.05, 4.69) is 5.32 Å². The van der Waals surface area contributed by atoms with Crippen LogP contribution in [-0.2, 0) is 9.53 Å². The first-order valence-electron chi connectivity index (χ1n) is 6.91. The Labute approximate surface area is 130 Å². The normalized spacial score (nSPS) is 11.8. The minimum absolute atomic E-state index is 0.371. The van der Waals surface area contributed by atoms with E-state index in [9.17, 15) is 9.59 Å². The fraction of sp³-hybridized carbons (Fsp3) is 0.294. The monoisotopic (exact) mass is 303 g/mol. The average Bonchev–Trinajstić information content (AvgIpc) is 2.40. The van der Waals surface area contributed by atoms with Gasteiger partial charge in [-0.1, -0.05) is 36.4 Å². The highest BCUT2D eigenvalue weighted by Gasteiger charge is 2.14. The second-order valence-corrected chi connectivity index (χ2v) is 5.62. The maximum absolute atomic E-state index is 11.4. The summed E-state index contributed by atoms with van der Waals surface area (Å²) in [7, 11) is 0. The number of hydrogen-bond donors (Lipinski definition) is 2. The molecular weight excluding hydrogens is 282 g/mol. The number of carbonyl (C=O) groups excluding carboxylic acids is 1. The van der Waals surface area contributed by atoms with Crippen molar-refractivity contribution in [3.05, 3.63) is 47.5 Å². The Hall–Kier alpha value is -2.56. The molecule has 0 atom stereocenters. The Kier molecular flexibility index (Phi) is 6.38. The topological polar surface area (TPSA) is 75.6 Å². The summed E-state index contributed by atoms with van der Waals surface area (Å²) in [6.45, 7) is 5.80. The molecule has 2 N–H and O–H groups in total. The van der Waals surface area contributed by atoms with Crippen molar-refractivity contribution in [3.63, 3.8) is 0 Å². The van der Waals surface area contributed by atoms with E-state index < -0.39 is 17.7 Å². The first kappa shape index (κ1) is 17.5. The number of carboxylic acid groups (broad SMARTS) is 1. The molecule has 0 saturated heterocycles. The second-order valence-electron chi connectivity index (χ2n) is 5.62. The van der Waals surface area contributed by atoms with E-state index in [1.165, 1.54) is 6.08 Å². The molecule has 0 heterocycles. The zero-order chi connectivity index (χ0) is 16.6. The molecule has 1 aromatic rings. The average molecular weight is 303 g/mol. The number of amides is 1. The number of carbonyl (C=O) groups is 2. The van der Waals surface area contributed by atoms with E-state index in [4.69, 9.17) is 9.84 Å². The Bertz CT molecular complexity index is 565. The minimum Gasteiger partial charge on any atom is -0.478 e. The number of carboxylic acids is 1. The van der Waals surface area contributed by atoms with Crippen LogP contribution in [0.5, 0.6) is 0 Å². The standard InChI is InChI=1S/C17H21NO4/c1-17(2,3)22-16(21)18-12-4-5-13-6-8-14(9-7-13)10-11-15(19)20/h4-11H,12H2,1-3H3,(H,18,21)(H,19,20)/b5-4?,11-10+. The largest absolute Gasteiger partial charge is 0.478 e. The summed E-state index contributed by atoms with van der Waals surface area (Å²) in [6, 6.07) is 7.37. The fourth-order valence-corrected chi connectivity index (χ4v) is 1.54. The van der Waals surface area contributed by atoms with Crippen LogP contribution in [0.25, 0.3) is 12.2 Å². The van der Waals surface area contributed by atoms with Crippen molar-refractivity contribution in [3.8, 4) is 0 Å². The molecule has 0 bridgehead atoms. The number of benzene rings is 1. The molecule has 0 aromatic heterocycles. The van der Waals surface area contributed by atoms with Gasteiger partial charge in [0.25, 0.3) is 0 Å². The summed E-state index contributed by atoms with van der Waals surface area (Å²) in [6.07, 6.45) is 5.84. The first-order valence-corrected chi connectivity index (χ1v) is 6.91. The van der Waals surface area contributed by atoms with Crippen molar-refractivity contribution >= 4 is 24.2 Å². The highest BCUT2D eigenvalue weighted by Crippen LogP contribution is 2.08. The predicted octanol–water partition coefficient (Wildman–Crippen LogP) is 3.32. The molecule has 5 heteroatoms. The van der Waals surface area contributed by atoms with Crippen LogP contribution in [-0.4, -0.2) is 29.3 Å². The van der Waals surface area contributed by atoms with Gasteiger partial charge in [-0.3, -0.25) is 0 Å². The van der Waals surface area contributed by atoms with Gasteiger partial charge in [0.15, 0.2) is 0 Å². The molecule has 0 unspecified atom stereocenters. The van der Waals surface area contributed by atoms with Gasteiger partial charge in [-0.25, -0.2) is 9.59 Å². The summed E-state index contributed by atoms with van der Waals surface area (Å²) in [4.78, 5) is 21.8. The summed E-state index contributed by atoms with van der Waals surface area (Å²) in [5.74, 6) is -0.975. The van der Waals surface area contributed by atoms with Crippen molar-refractivity contribution in [1.29, 1.82) is 0 Å². The summed E-state index contributed by atoms with van der Waals surface area (Å²) in [5, 5.41) is 11.2. The van der Waals surface area contributed by atoms with E-state index in [-0.39, 0.29) is 0 Å². The highest BCUT2D eigenvalue weighted by molar-refractivity contribution is 5.85. The third kappa shape index (κ3) is 7.89. The SMILES string of the molecule is CC(C)(C)OC(=O)NCC=Cc1ccc(/C=C/C(=O)O)cc1. The number of hydrogen-bond acceptors (Lipinski definition) is 3. The maximum Gasteiger partial charge on any atom is 0.407 e. The summed E-state index contributed by atoms with van der Waals surface area (Å²) in [5.41, 5.74) is 1.26. The number of aliphatic carboxylic acids is 1. The molecule has 0 saturated carbocycles. The van der Waals surface area contributed by atoms with Gasteiger partial charge in [-0.05, 0) is 38.0 Å². The lowest BCUT2D eigenvalue weighted by atomic mass is 10.1. The van der Waals surface area contributed by atoms with Gasteiger partial charge in [-0.2, -0.15) is 0 Å². The molecule has 0 fully saturated rings. The Morgan fingerprint density at radius 3 is 2.18 bits per heavy atom. The minimum atomic E-state index is -0.975. The van der Waals surface area contributed by atoms with Crippen molar-refractivity contribution < 1.29 is 19.4 Å². The Morgan fingerprint density at radius 1 is 1.14 bits per heavy atom. The molecule has 0 aliphatic rings. The van der Waals surface area contributed by atoms with Gasteiger partial charge in [0.1, 0.15) is 5.60 Å². The Morgan fingerprint density at radius 2 is 1.68 bits per heavy atom. The molecule has 0 aliphatic carbocycles. The van der Waals surface area contributed by atoms with Gasteiger partial charge in [0.05, 0.1) is 0 Å². The van der Waals surface area contributed by atoms with Crippen molar-refractivity contribution in [2.75, 3.05) is 6.54 Å². The third-order valence-electron chi connectivity index (χ3n) is 2.43. The van der Waals surface area contributed by atoms with Crippen LogP contribution in [0.1, 0.15) is 31.9 Å². The van der Waals surface area contributed by atoms with Crippen LogP contribution in [0.3, 0.4) is 0 Å². The lowest BCUT2D eigenvalue weighted by Crippen LogP contribution is -2.32. The van der Waals surface area contributed by atoms with Crippen molar-refractivity contribution in [1.82, 2.24) is 5.32 Å². The van der Waals surface area contributed by atoms with Crippen LogP contribution >= 0.6 is 0 Å². The van der Waals surface area contributed by atoms with Gasteiger partial charge in [0, 0.05) is 12.6 Å². The molecule has 1 aromatic carbocycles. The Balaban J connectivity index is 2.44. The molecular formula is C17H21NO4. The molecule has 1 rings (SSSR count). The lowest BCUT2D eigenvalue weighted by molar-refractivity contribution is -0.131. The predicted molar refractivity (Wildman–Crippen MR) is 86.4 cm³/mol. The van der Waals surface area contributed by atoms with Crippen molar-refractivity contribution in [2.45, 2.75) is 26.4 Å². The molecule has 5 nitrogen and oxygen atoms in total. The molecule has 0 aliphatic heterocycles. The van der Waals surface area contributed by atoms with E-state index in [0.717, 1.165) is 17.2 Å². The lowest BCUT2D eigenvalue weighted by Gasteiger charge is -2.19. The fourth-order valence-electron chi connectivity index (χ4n) is 1.54. The zero-order valence-electron chi connectivity index (χ0n) is 13.0. The molecule has 0 radical (unpaired) electrons. The summed E-state index contributed by atoms with van der Waals surface area (Å²) < 4.78 is 5.11. The van der Waals surface area contributed by atoms with Gasteiger partial charge in [-0.15, -0.1) is 0 Å². The summed E-state index contributed by atoms with van der Waals surface area (Å²) >= 11 is 0. The van der Waals surface area contributed by atoms with Crippen LogP contribution in [0.2, 0.25) is 0 Å². The quantitative estimate of drug-likeness (QED) is 0.818. The van der Waals surface area contributed by atoms with E-state index in [1.54, 1.807) is 0 Å².